The summed E-state index contributed by atoms with van der Waals surface area (Å²) in [6, 6.07) is -1.03. The van der Waals surface area contributed by atoms with E-state index < -0.39 is 67.4 Å². The van der Waals surface area contributed by atoms with Crippen molar-refractivity contribution < 1.29 is 49.3 Å². The van der Waals surface area contributed by atoms with Gasteiger partial charge in [0.15, 0.2) is 12.4 Å². The summed E-state index contributed by atoms with van der Waals surface area (Å²) in [6.45, 7) is 5.71. The van der Waals surface area contributed by atoms with E-state index in [0.29, 0.717) is 12.8 Å². The molecule has 1 fully saturated rings. The van der Waals surface area contributed by atoms with E-state index in [2.05, 4.69) is 86.8 Å². The standard InChI is InChI=1S/C76H137NO10/c1-4-7-10-13-16-19-22-24-26-28-30-32-33-34-35-36-38-39-41-43-45-48-51-54-57-60-63-69(80)75(84)77-67(68(79)62-59-56-53-50-47-21-18-15-12-9-6-3)66-85-76-74(73(83)72(82)70(65-78)86-76)87-71(81)64-61-58-55-52-49-46-44-42-40-37-31-29-27-25-23-20-17-14-11-8-5-2/h7,10,16,19,24,26,30,32,34-35,59,62,67-70,72-74,76,78-80,82-83H,4-6,8-9,11-15,17-18,20-23,25,27-29,31,33,36-58,60-61,63-66H2,1-3H3,(H,77,84)/b10-7-,19-16-,26-24-,32-30-,35-34-,62-59+. The number of hydrogen-bond donors (Lipinski definition) is 6. The highest BCUT2D eigenvalue weighted by atomic mass is 16.7. The number of esters is 1. The molecule has 87 heavy (non-hydrogen) atoms. The molecular formula is C76H137NO10. The Morgan fingerprint density at radius 1 is 0.460 bits per heavy atom. The molecule has 0 aromatic rings. The van der Waals surface area contributed by atoms with Crippen LogP contribution in [0.3, 0.4) is 0 Å². The van der Waals surface area contributed by atoms with Crippen LogP contribution in [0.25, 0.3) is 0 Å². The van der Waals surface area contributed by atoms with Gasteiger partial charge in [-0.2, -0.15) is 0 Å². The van der Waals surface area contributed by atoms with Crippen LogP contribution in [-0.4, -0.2) is 99.6 Å². The van der Waals surface area contributed by atoms with E-state index in [4.69, 9.17) is 14.2 Å². The number of rotatable bonds is 63. The van der Waals surface area contributed by atoms with Crippen molar-refractivity contribution in [1.82, 2.24) is 5.32 Å². The molecule has 506 valence electrons. The molecule has 0 aromatic heterocycles. The van der Waals surface area contributed by atoms with Crippen molar-refractivity contribution in [1.29, 1.82) is 0 Å². The van der Waals surface area contributed by atoms with Crippen LogP contribution in [0.2, 0.25) is 0 Å². The summed E-state index contributed by atoms with van der Waals surface area (Å²) in [5, 5.41) is 57.3. The molecule has 0 aromatic carbocycles. The van der Waals surface area contributed by atoms with Crippen molar-refractivity contribution in [2.75, 3.05) is 13.2 Å². The molecule has 0 spiro atoms. The molecule has 8 unspecified atom stereocenters. The average molecular weight is 1220 g/mol. The minimum absolute atomic E-state index is 0.126. The average Bonchev–Trinajstić information content (AvgIpc) is 1.30. The molecule has 11 nitrogen and oxygen atoms in total. The monoisotopic (exact) mass is 1220 g/mol. The summed E-state index contributed by atoms with van der Waals surface area (Å²) in [5.41, 5.74) is 0. The van der Waals surface area contributed by atoms with E-state index in [9.17, 15) is 35.1 Å². The quantitative estimate of drug-likeness (QED) is 0.0195. The first-order valence-electron chi connectivity index (χ1n) is 36.7. The number of aliphatic hydroxyl groups excluding tert-OH is 5. The smallest absolute Gasteiger partial charge is 0.306 e. The first kappa shape index (κ1) is 82.1. The number of unbranched alkanes of at least 4 members (excludes halogenated alkanes) is 39. The van der Waals surface area contributed by atoms with Crippen molar-refractivity contribution in [2.45, 2.75) is 384 Å². The van der Waals surface area contributed by atoms with Gasteiger partial charge in [0.1, 0.15) is 24.4 Å². The third kappa shape index (κ3) is 50.4. The zero-order chi connectivity index (χ0) is 63.1. The van der Waals surface area contributed by atoms with Crippen molar-refractivity contribution in [3.63, 3.8) is 0 Å². The predicted molar refractivity (Wildman–Crippen MR) is 366 cm³/mol. The third-order valence-corrected chi connectivity index (χ3v) is 17.1. The Labute approximate surface area is 534 Å². The second kappa shape index (κ2) is 63.3. The van der Waals surface area contributed by atoms with E-state index in [1.807, 2.05) is 6.08 Å². The van der Waals surface area contributed by atoms with Crippen molar-refractivity contribution >= 4 is 11.9 Å². The number of nitrogens with one attached hydrogen (secondary N) is 1. The number of carbonyl (C=O) groups excluding carboxylic acids is 2. The van der Waals surface area contributed by atoms with Gasteiger partial charge in [-0.05, 0) is 70.6 Å². The molecule has 0 bridgehead atoms. The van der Waals surface area contributed by atoms with Crippen LogP contribution in [0.5, 0.6) is 0 Å². The van der Waals surface area contributed by atoms with Crippen molar-refractivity contribution in [3.8, 4) is 0 Å². The number of allylic oxidation sites excluding steroid dienone is 11. The molecule has 1 amide bonds. The lowest BCUT2D eigenvalue weighted by molar-refractivity contribution is -0.305. The normalized spacial score (nSPS) is 18.6. The fourth-order valence-corrected chi connectivity index (χ4v) is 11.4. The molecule has 0 saturated carbocycles. The lowest BCUT2D eigenvalue weighted by Crippen LogP contribution is -2.61. The summed E-state index contributed by atoms with van der Waals surface area (Å²) in [4.78, 5) is 26.7. The van der Waals surface area contributed by atoms with Gasteiger partial charge < -0.3 is 45.1 Å². The lowest BCUT2D eigenvalue weighted by atomic mass is 9.99. The zero-order valence-corrected chi connectivity index (χ0v) is 56.4. The second-order valence-corrected chi connectivity index (χ2v) is 25.3. The first-order chi connectivity index (χ1) is 42.7. The fraction of sp³-hybridized carbons (Fsp3) is 0.816. The SMILES string of the molecule is CC/C=C\C/C=C\C/C=C\C/C=C\C/C=C\CCCCCCCCCCCCC(O)C(=O)NC(COC1OC(CO)C(O)C(O)C1OC(=O)CCCCCCCCCCCCCCCCCCCCCCC)C(O)/C=C/CCCCCCCCCCC. The van der Waals surface area contributed by atoms with Gasteiger partial charge in [-0.1, -0.05) is 331 Å². The summed E-state index contributed by atoms with van der Waals surface area (Å²) in [5.74, 6) is -1.19. The Bertz CT molecular complexity index is 1690. The van der Waals surface area contributed by atoms with E-state index in [-0.39, 0.29) is 19.4 Å². The minimum Gasteiger partial charge on any atom is -0.454 e. The highest BCUT2D eigenvalue weighted by Gasteiger charge is 2.47. The third-order valence-electron chi connectivity index (χ3n) is 17.1. The van der Waals surface area contributed by atoms with Crippen LogP contribution in [0, 0.1) is 0 Å². The highest BCUT2D eigenvalue weighted by molar-refractivity contribution is 5.80. The van der Waals surface area contributed by atoms with Gasteiger partial charge in [0.25, 0.3) is 0 Å². The molecule has 1 aliphatic heterocycles. The van der Waals surface area contributed by atoms with Crippen LogP contribution in [0.15, 0.2) is 72.9 Å². The molecule has 1 saturated heterocycles. The lowest BCUT2D eigenvalue weighted by Gasteiger charge is -2.41. The number of ether oxygens (including phenoxy) is 3. The second-order valence-electron chi connectivity index (χ2n) is 25.3. The van der Waals surface area contributed by atoms with Crippen LogP contribution in [0.1, 0.15) is 335 Å². The Hall–Kier alpha value is -2.90. The van der Waals surface area contributed by atoms with E-state index in [0.717, 1.165) is 96.3 Å². The fourth-order valence-electron chi connectivity index (χ4n) is 11.4. The van der Waals surface area contributed by atoms with Gasteiger partial charge in [0, 0.05) is 6.42 Å². The van der Waals surface area contributed by atoms with Crippen LogP contribution in [-0.2, 0) is 23.8 Å². The van der Waals surface area contributed by atoms with E-state index >= 15 is 0 Å². The van der Waals surface area contributed by atoms with Gasteiger partial charge in [-0.15, -0.1) is 0 Å². The number of aliphatic hydroxyl groups is 5. The van der Waals surface area contributed by atoms with Gasteiger partial charge >= 0.3 is 5.97 Å². The minimum atomic E-state index is -1.61. The maximum atomic E-state index is 13.5. The number of amides is 1. The van der Waals surface area contributed by atoms with Crippen molar-refractivity contribution in [2.24, 2.45) is 0 Å². The molecule has 0 radical (unpaired) electrons. The Balaban J connectivity index is 2.53. The predicted octanol–water partition coefficient (Wildman–Crippen LogP) is 19.1. The highest BCUT2D eigenvalue weighted by Crippen LogP contribution is 2.26. The van der Waals surface area contributed by atoms with E-state index in [1.165, 1.54) is 193 Å². The largest absolute Gasteiger partial charge is 0.454 e. The number of hydrogen-bond acceptors (Lipinski definition) is 10. The summed E-state index contributed by atoms with van der Waals surface area (Å²) < 4.78 is 17.7. The van der Waals surface area contributed by atoms with Gasteiger partial charge in [-0.25, -0.2) is 0 Å². The molecule has 1 aliphatic rings. The molecule has 8 atom stereocenters. The summed E-state index contributed by atoms with van der Waals surface area (Å²) in [7, 11) is 0. The molecular weight excluding hydrogens is 1090 g/mol. The van der Waals surface area contributed by atoms with Crippen LogP contribution in [0.4, 0.5) is 0 Å². The molecule has 1 rings (SSSR count). The number of carbonyl (C=O) groups is 2. The molecule has 1 heterocycles. The van der Waals surface area contributed by atoms with Crippen LogP contribution >= 0.6 is 0 Å². The zero-order valence-electron chi connectivity index (χ0n) is 56.4. The maximum Gasteiger partial charge on any atom is 0.306 e. The summed E-state index contributed by atoms with van der Waals surface area (Å²) >= 11 is 0. The first-order valence-corrected chi connectivity index (χ1v) is 36.7. The van der Waals surface area contributed by atoms with Gasteiger partial charge in [0.2, 0.25) is 5.91 Å². The van der Waals surface area contributed by atoms with Gasteiger partial charge in [-0.3, -0.25) is 9.59 Å². The van der Waals surface area contributed by atoms with Crippen molar-refractivity contribution in [3.05, 3.63) is 72.9 Å². The topological polar surface area (TPSA) is 175 Å². The molecule has 11 heteroatoms. The van der Waals surface area contributed by atoms with Gasteiger partial charge in [0.05, 0.1) is 25.4 Å². The molecule has 6 N–H and O–H groups in total. The van der Waals surface area contributed by atoms with Crippen LogP contribution < -0.4 is 5.32 Å². The van der Waals surface area contributed by atoms with E-state index in [1.54, 1.807) is 6.08 Å². The Kier molecular flexibility index (Phi) is 59.7. The maximum absolute atomic E-state index is 13.5. The molecule has 0 aliphatic carbocycles. The summed E-state index contributed by atoms with van der Waals surface area (Å²) in [6.07, 6.45) is 72.3. The Morgan fingerprint density at radius 3 is 1.24 bits per heavy atom. The Morgan fingerprint density at radius 2 is 0.828 bits per heavy atom.